The lowest BCUT2D eigenvalue weighted by Crippen LogP contribution is -2.48. The van der Waals surface area contributed by atoms with E-state index in [0.29, 0.717) is 18.4 Å². The minimum Gasteiger partial charge on any atom is -0.323 e. The summed E-state index contributed by atoms with van der Waals surface area (Å²) in [7, 11) is 0. The fourth-order valence-corrected chi connectivity index (χ4v) is 4.15. The highest BCUT2D eigenvalue weighted by atomic mass is 16.2. The van der Waals surface area contributed by atoms with E-state index in [1.54, 1.807) is 24.5 Å². The quantitative estimate of drug-likeness (QED) is 0.653. The second-order valence-electron chi connectivity index (χ2n) is 7.66. The van der Waals surface area contributed by atoms with Gasteiger partial charge in [-0.2, -0.15) is 0 Å². The summed E-state index contributed by atoms with van der Waals surface area (Å²) in [5, 5.41) is 2.84. The average Bonchev–Trinajstić information content (AvgIpc) is 2.93. The normalized spacial score (nSPS) is 18.4. The molecular weight excluding hydrogens is 354 g/mol. The SMILES string of the molecule is Cc1ccncc1-c1ccc(C(=O)CN2C(=O)NC3(CCCCC3)C2=O)cc1. The first-order valence-corrected chi connectivity index (χ1v) is 9.68. The van der Waals surface area contributed by atoms with Crippen molar-refractivity contribution in [1.82, 2.24) is 15.2 Å². The van der Waals surface area contributed by atoms with Crippen LogP contribution in [0.5, 0.6) is 0 Å². The second-order valence-corrected chi connectivity index (χ2v) is 7.66. The topological polar surface area (TPSA) is 79.4 Å². The maximum absolute atomic E-state index is 12.8. The number of rotatable bonds is 4. The molecule has 144 valence electrons. The molecule has 0 bridgehead atoms. The van der Waals surface area contributed by atoms with Gasteiger partial charge in [0.1, 0.15) is 5.54 Å². The van der Waals surface area contributed by atoms with Crippen LogP contribution in [0.25, 0.3) is 11.1 Å². The Labute approximate surface area is 164 Å². The van der Waals surface area contributed by atoms with Crippen LogP contribution in [0.2, 0.25) is 0 Å². The number of carbonyl (C=O) groups excluding carboxylic acids is 3. The summed E-state index contributed by atoms with van der Waals surface area (Å²) in [5.74, 6) is -0.501. The van der Waals surface area contributed by atoms with E-state index in [2.05, 4.69) is 10.3 Å². The van der Waals surface area contributed by atoms with Gasteiger partial charge in [-0.3, -0.25) is 19.5 Å². The largest absolute Gasteiger partial charge is 0.325 e. The van der Waals surface area contributed by atoms with E-state index in [-0.39, 0.29) is 18.2 Å². The van der Waals surface area contributed by atoms with E-state index in [1.165, 1.54) is 0 Å². The number of hydrogen-bond donors (Lipinski definition) is 1. The van der Waals surface area contributed by atoms with Gasteiger partial charge in [0.2, 0.25) is 0 Å². The van der Waals surface area contributed by atoms with Crippen LogP contribution >= 0.6 is 0 Å². The number of nitrogens with zero attached hydrogens (tertiary/aromatic N) is 2. The fraction of sp³-hybridized carbons (Fsp3) is 0.364. The molecule has 0 radical (unpaired) electrons. The molecule has 4 rings (SSSR count). The lowest BCUT2D eigenvalue weighted by molar-refractivity contribution is -0.132. The van der Waals surface area contributed by atoms with Crippen molar-refractivity contribution in [3.8, 4) is 11.1 Å². The van der Waals surface area contributed by atoms with E-state index in [1.807, 2.05) is 25.1 Å². The molecule has 1 aliphatic heterocycles. The first kappa shape index (κ1) is 18.3. The van der Waals surface area contributed by atoms with E-state index < -0.39 is 11.6 Å². The van der Waals surface area contributed by atoms with Crippen molar-refractivity contribution in [3.05, 3.63) is 53.9 Å². The van der Waals surface area contributed by atoms with Gasteiger partial charge in [-0.25, -0.2) is 4.79 Å². The number of benzene rings is 1. The van der Waals surface area contributed by atoms with Crippen LogP contribution < -0.4 is 5.32 Å². The zero-order chi connectivity index (χ0) is 19.7. The van der Waals surface area contributed by atoms with Crippen molar-refractivity contribution >= 4 is 17.7 Å². The molecule has 6 heteroatoms. The van der Waals surface area contributed by atoms with Crippen molar-refractivity contribution in [1.29, 1.82) is 0 Å². The molecule has 1 aromatic carbocycles. The summed E-state index contributed by atoms with van der Waals surface area (Å²) in [5.41, 5.74) is 2.77. The van der Waals surface area contributed by atoms with Crippen molar-refractivity contribution < 1.29 is 14.4 Å². The van der Waals surface area contributed by atoms with Gasteiger partial charge in [-0.1, -0.05) is 43.5 Å². The molecule has 0 unspecified atom stereocenters. The molecule has 2 heterocycles. The number of urea groups is 1. The third-order valence-electron chi connectivity index (χ3n) is 5.81. The monoisotopic (exact) mass is 377 g/mol. The van der Waals surface area contributed by atoms with Crippen LogP contribution in [0, 0.1) is 6.92 Å². The molecule has 28 heavy (non-hydrogen) atoms. The third kappa shape index (κ3) is 3.19. The summed E-state index contributed by atoms with van der Waals surface area (Å²) in [4.78, 5) is 43.1. The molecule has 2 aromatic rings. The molecule has 1 N–H and O–H groups in total. The fourth-order valence-electron chi connectivity index (χ4n) is 4.15. The van der Waals surface area contributed by atoms with Crippen LogP contribution in [0.3, 0.4) is 0 Å². The Morgan fingerprint density at radius 2 is 1.82 bits per heavy atom. The Bertz CT molecular complexity index is 930. The first-order chi connectivity index (χ1) is 13.5. The van der Waals surface area contributed by atoms with Crippen LogP contribution in [-0.2, 0) is 4.79 Å². The summed E-state index contributed by atoms with van der Waals surface area (Å²) < 4.78 is 0. The summed E-state index contributed by atoms with van der Waals surface area (Å²) >= 11 is 0. The lowest BCUT2D eigenvalue weighted by atomic mass is 9.82. The first-order valence-electron chi connectivity index (χ1n) is 9.68. The third-order valence-corrected chi connectivity index (χ3v) is 5.81. The molecule has 1 saturated heterocycles. The van der Waals surface area contributed by atoms with Crippen LogP contribution in [0.1, 0.15) is 48.0 Å². The Hall–Kier alpha value is -3.02. The molecule has 2 aliphatic rings. The number of hydrogen-bond acceptors (Lipinski definition) is 4. The molecule has 1 aromatic heterocycles. The highest BCUT2D eigenvalue weighted by Gasteiger charge is 2.51. The Kier molecular flexibility index (Phi) is 4.71. The van der Waals surface area contributed by atoms with E-state index >= 15 is 0 Å². The molecule has 1 spiro atoms. The number of aryl methyl sites for hydroxylation is 1. The van der Waals surface area contributed by atoms with E-state index in [0.717, 1.165) is 40.9 Å². The number of amides is 3. The van der Waals surface area contributed by atoms with Crippen LogP contribution in [-0.4, -0.2) is 39.7 Å². The molecule has 6 nitrogen and oxygen atoms in total. The van der Waals surface area contributed by atoms with Gasteiger partial charge >= 0.3 is 6.03 Å². The minimum absolute atomic E-state index is 0.225. The maximum Gasteiger partial charge on any atom is 0.325 e. The van der Waals surface area contributed by atoms with Gasteiger partial charge < -0.3 is 5.32 Å². The molecule has 2 fully saturated rings. The zero-order valence-corrected chi connectivity index (χ0v) is 15.9. The Morgan fingerprint density at radius 1 is 1.11 bits per heavy atom. The van der Waals surface area contributed by atoms with Crippen molar-refractivity contribution in [2.75, 3.05) is 6.54 Å². The molecule has 1 saturated carbocycles. The van der Waals surface area contributed by atoms with Crippen molar-refractivity contribution in [3.63, 3.8) is 0 Å². The number of aromatic nitrogens is 1. The van der Waals surface area contributed by atoms with Gasteiger partial charge in [-0.05, 0) is 37.0 Å². The lowest BCUT2D eigenvalue weighted by Gasteiger charge is -2.30. The van der Waals surface area contributed by atoms with E-state index in [4.69, 9.17) is 0 Å². The number of nitrogens with one attached hydrogen (secondary N) is 1. The average molecular weight is 377 g/mol. The number of imide groups is 1. The molecule has 0 atom stereocenters. The maximum atomic E-state index is 12.8. The molecular formula is C22H23N3O3. The highest BCUT2D eigenvalue weighted by molar-refractivity contribution is 6.11. The Morgan fingerprint density at radius 3 is 2.50 bits per heavy atom. The van der Waals surface area contributed by atoms with Crippen LogP contribution in [0.15, 0.2) is 42.7 Å². The minimum atomic E-state index is -0.794. The standard InChI is InChI=1S/C22H23N3O3/c1-15-9-12-23-13-18(15)16-5-7-17(8-6-16)19(26)14-25-20(27)22(24-21(25)28)10-3-2-4-11-22/h5-9,12-13H,2-4,10-11,14H2,1H3,(H,24,28). The predicted molar refractivity (Wildman–Crippen MR) is 105 cm³/mol. The highest BCUT2D eigenvalue weighted by Crippen LogP contribution is 2.33. The second kappa shape index (κ2) is 7.19. The number of ketones is 1. The van der Waals surface area contributed by atoms with Crippen LogP contribution in [0.4, 0.5) is 4.79 Å². The molecule has 1 aliphatic carbocycles. The number of pyridine rings is 1. The van der Waals surface area contributed by atoms with Gasteiger partial charge in [-0.15, -0.1) is 0 Å². The van der Waals surface area contributed by atoms with Crippen molar-refractivity contribution in [2.45, 2.75) is 44.6 Å². The van der Waals surface area contributed by atoms with Gasteiger partial charge in [0.25, 0.3) is 5.91 Å². The van der Waals surface area contributed by atoms with Gasteiger partial charge in [0.15, 0.2) is 5.78 Å². The van der Waals surface area contributed by atoms with Gasteiger partial charge in [0, 0.05) is 23.5 Å². The summed E-state index contributed by atoms with van der Waals surface area (Å²) in [6.45, 7) is 1.78. The zero-order valence-electron chi connectivity index (χ0n) is 15.9. The Balaban J connectivity index is 1.49. The van der Waals surface area contributed by atoms with E-state index in [9.17, 15) is 14.4 Å². The summed E-state index contributed by atoms with van der Waals surface area (Å²) in [6, 6.07) is 8.69. The molecule has 3 amide bonds. The number of carbonyl (C=O) groups is 3. The smallest absolute Gasteiger partial charge is 0.323 e. The van der Waals surface area contributed by atoms with Gasteiger partial charge in [0.05, 0.1) is 6.54 Å². The number of Topliss-reactive ketones (excluding diaryl/α,β-unsaturated/α-hetero) is 1. The summed E-state index contributed by atoms with van der Waals surface area (Å²) in [6.07, 6.45) is 7.76. The van der Waals surface area contributed by atoms with Crippen molar-refractivity contribution in [2.24, 2.45) is 0 Å². The predicted octanol–water partition coefficient (Wildman–Crippen LogP) is 3.49.